The molecule has 1 unspecified atom stereocenters. The number of hydrogen-bond donors (Lipinski definition) is 2. The Morgan fingerprint density at radius 3 is 2.36 bits per heavy atom. The quantitative estimate of drug-likeness (QED) is 0.216. The van der Waals surface area contributed by atoms with Crippen LogP contribution in [0.3, 0.4) is 0 Å². The summed E-state index contributed by atoms with van der Waals surface area (Å²) in [5.74, 6) is -1.87. The van der Waals surface area contributed by atoms with Crippen LogP contribution < -0.4 is 11.1 Å². The number of fused-ring (bicyclic) bond motifs is 1. The molecule has 3 N–H and O–H groups in total. The van der Waals surface area contributed by atoms with Crippen molar-refractivity contribution in [2.45, 2.75) is 83.3 Å². The molecule has 0 bridgehead atoms. The number of hydrogen-bond acceptors (Lipinski definition) is 13. The number of nitrogen functional groups attached to an aromatic ring is 1. The minimum Gasteiger partial charge on any atom is -0.463 e. The maximum absolute atomic E-state index is 12.6. The molecule has 0 spiro atoms. The van der Waals surface area contributed by atoms with Crippen molar-refractivity contribution >= 4 is 58.3 Å². The molecule has 39 heavy (non-hydrogen) atoms. The van der Waals surface area contributed by atoms with Crippen LogP contribution in [0.1, 0.15) is 54.7 Å². The molecule has 4 atom stereocenters. The van der Waals surface area contributed by atoms with Gasteiger partial charge in [0, 0.05) is 27.0 Å². The molecule has 14 nitrogen and oxygen atoms in total. The highest BCUT2D eigenvalue weighted by Gasteiger charge is 2.60. The summed E-state index contributed by atoms with van der Waals surface area (Å²) in [6.07, 6.45) is -0.889. The number of ether oxygens (including phenoxy) is 5. The van der Waals surface area contributed by atoms with Gasteiger partial charge in [-0.15, -0.1) is 0 Å². The molecule has 3 rings (SSSR count). The van der Waals surface area contributed by atoms with Gasteiger partial charge in [0.25, 0.3) is 0 Å². The number of amides is 1. The third-order valence-corrected chi connectivity index (χ3v) is 6.10. The minimum absolute atomic E-state index is 0.0642. The highest BCUT2D eigenvalue weighted by atomic mass is 32.2. The lowest BCUT2D eigenvalue weighted by molar-refractivity contribution is -0.184. The van der Waals surface area contributed by atoms with Crippen molar-refractivity contribution in [2.24, 2.45) is 0 Å². The Morgan fingerprint density at radius 1 is 1.15 bits per heavy atom. The van der Waals surface area contributed by atoms with E-state index in [0.717, 1.165) is 0 Å². The maximum atomic E-state index is 12.6. The van der Waals surface area contributed by atoms with E-state index in [-0.39, 0.29) is 29.1 Å². The Hall–Kier alpha value is -3.59. The molecule has 1 saturated heterocycles. The Kier molecular flexibility index (Phi) is 8.65. The summed E-state index contributed by atoms with van der Waals surface area (Å²) in [4.78, 5) is 57.3. The van der Waals surface area contributed by atoms with E-state index in [0.29, 0.717) is 5.16 Å². The first-order valence-corrected chi connectivity index (χ1v) is 13.2. The minimum atomic E-state index is -1.63. The summed E-state index contributed by atoms with van der Waals surface area (Å²) in [5.41, 5.74) is 4.30. The molecule has 3 heterocycles. The summed E-state index contributed by atoms with van der Waals surface area (Å²) < 4.78 is 29.5. The van der Waals surface area contributed by atoms with E-state index < -0.39 is 53.6 Å². The summed E-state index contributed by atoms with van der Waals surface area (Å²) >= 11 is 1.23. The highest BCUT2D eigenvalue weighted by Crippen LogP contribution is 2.46. The number of nitrogens with zero attached hydrogens (tertiary/aromatic N) is 3. The first-order valence-electron chi connectivity index (χ1n) is 11.9. The maximum Gasteiger partial charge on any atom is 0.412 e. The van der Waals surface area contributed by atoms with Gasteiger partial charge in [-0.25, -0.2) is 14.8 Å². The van der Waals surface area contributed by atoms with Gasteiger partial charge in [0.15, 0.2) is 28.7 Å². The molecule has 1 amide bonds. The van der Waals surface area contributed by atoms with Crippen LogP contribution >= 0.6 is 11.8 Å². The molecule has 214 valence electrons. The van der Waals surface area contributed by atoms with Gasteiger partial charge in [0.2, 0.25) is 0 Å². The number of rotatable bonds is 7. The van der Waals surface area contributed by atoms with Crippen molar-refractivity contribution in [3.8, 4) is 0 Å². The Balaban J connectivity index is 2.22. The molecule has 0 aromatic carbocycles. The summed E-state index contributed by atoms with van der Waals surface area (Å²) in [6, 6.07) is 0. The SMILES string of the molecule is CSc1nc(N)c2c(NC(=O)OC(C)(C)C)cn(C3O[C@H](COC(C)=O)[C@@H](OC(C)=O)[C@@]3(C)OC(C)=O)c2n1. The van der Waals surface area contributed by atoms with Crippen LogP contribution in [0.15, 0.2) is 11.4 Å². The lowest BCUT2D eigenvalue weighted by Gasteiger charge is -2.34. The largest absolute Gasteiger partial charge is 0.463 e. The second-order valence-electron chi connectivity index (χ2n) is 10.0. The topological polar surface area (TPSA) is 183 Å². The average Bonchev–Trinajstić information content (AvgIpc) is 3.25. The summed E-state index contributed by atoms with van der Waals surface area (Å²) in [6.45, 7) is 9.98. The third kappa shape index (κ3) is 6.71. The predicted molar refractivity (Wildman–Crippen MR) is 140 cm³/mol. The van der Waals surface area contributed by atoms with Gasteiger partial charge in [-0.1, -0.05) is 11.8 Å². The van der Waals surface area contributed by atoms with Crippen molar-refractivity contribution in [1.82, 2.24) is 14.5 Å². The van der Waals surface area contributed by atoms with E-state index in [4.69, 9.17) is 29.4 Å². The van der Waals surface area contributed by atoms with Crippen molar-refractivity contribution < 1.29 is 42.9 Å². The van der Waals surface area contributed by atoms with Crippen LogP contribution in [0.25, 0.3) is 11.0 Å². The standard InChI is InChI=1S/C24H33N5O9S/c1-11(30)34-10-15-17(35-12(2)31)24(7,37-13(3)32)20(36-15)29-9-14(26-22(33)38-23(4,5)6)16-18(25)27-21(39-8)28-19(16)29/h9,15,17,20H,10H2,1-8H3,(H,26,33)(H2,25,27,28)/t15-,17-,20?,24-/m1/s1. The molecule has 2 aromatic heterocycles. The van der Waals surface area contributed by atoms with Gasteiger partial charge in [-0.3, -0.25) is 24.3 Å². The molecule has 0 aliphatic carbocycles. The number of thioether (sulfide) groups is 1. The van der Waals surface area contributed by atoms with Gasteiger partial charge >= 0.3 is 24.0 Å². The fourth-order valence-electron chi connectivity index (χ4n) is 4.27. The number of carbonyl (C=O) groups excluding carboxylic acids is 4. The van der Waals surface area contributed by atoms with Gasteiger partial charge < -0.3 is 29.4 Å². The number of nitrogens with one attached hydrogen (secondary N) is 1. The zero-order valence-corrected chi connectivity index (χ0v) is 23.8. The Labute approximate surface area is 229 Å². The summed E-state index contributed by atoms with van der Waals surface area (Å²) in [5, 5.41) is 3.26. The summed E-state index contributed by atoms with van der Waals surface area (Å²) in [7, 11) is 0. The number of esters is 3. The van der Waals surface area contributed by atoms with E-state index in [1.54, 1.807) is 27.0 Å². The van der Waals surface area contributed by atoms with Crippen LogP contribution in [0, 0.1) is 0 Å². The van der Waals surface area contributed by atoms with Crippen molar-refractivity contribution in [3.63, 3.8) is 0 Å². The van der Waals surface area contributed by atoms with Crippen molar-refractivity contribution in [2.75, 3.05) is 23.9 Å². The third-order valence-electron chi connectivity index (χ3n) is 5.55. The highest BCUT2D eigenvalue weighted by molar-refractivity contribution is 7.98. The average molecular weight is 568 g/mol. The van der Waals surface area contributed by atoms with E-state index >= 15 is 0 Å². The van der Waals surface area contributed by atoms with Crippen LogP contribution in [-0.4, -0.2) is 74.8 Å². The zero-order valence-electron chi connectivity index (χ0n) is 23.0. The van der Waals surface area contributed by atoms with E-state index in [9.17, 15) is 19.2 Å². The van der Waals surface area contributed by atoms with E-state index in [2.05, 4.69) is 15.3 Å². The second kappa shape index (κ2) is 11.3. The normalized spacial score (nSPS) is 22.8. The Morgan fingerprint density at radius 2 is 1.82 bits per heavy atom. The first kappa shape index (κ1) is 30.0. The van der Waals surface area contributed by atoms with Crippen LogP contribution in [0.2, 0.25) is 0 Å². The molecule has 1 fully saturated rings. The molecular formula is C24H33N5O9S. The Bertz CT molecular complexity index is 1290. The molecule has 15 heteroatoms. The van der Waals surface area contributed by atoms with Gasteiger partial charge in [0.1, 0.15) is 24.1 Å². The monoisotopic (exact) mass is 567 g/mol. The fraction of sp³-hybridized carbons (Fsp3) is 0.583. The van der Waals surface area contributed by atoms with Gasteiger partial charge in [-0.05, 0) is 34.0 Å². The number of nitrogens with two attached hydrogens (primary N) is 1. The molecular weight excluding hydrogens is 534 g/mol. The second-order valence-corrected chi connectivity index (χ2v) is 10.8. The molecule has 2 aromatic rings. The molecule has 0 radical (unpaired) electrons. The van der Waals surface area contributed by atoms with Crippen molar-refractivity contribution in [1.29, 1.82) is 0 Å². The van der Waals surface area contributed by atoms with Crippen LogP contribution in [-0.2, 0) is 38.1 Å². The number of carbonyl (C=O) groups is 4. The predicted octanol–water partition coefficient (Wildman–Crippen LogP) is 2.80. The molecule has 1 aliphatic heterocycles. The number of aromatic nitrogens is 3. The number of anilines is 2. The smallest absolute Gasteiger partial charge is 0.412 e. The van der Waals surface area contributed by atoms with Crippen LogP contribution in [0.5, 0.6) is 0 Å². The zero-order chi connectivity index (χ0) is 29.3. The molecule has 1 aliphatic rings. The van der Waals surface area contributed by atoms with Crippen LogP contribution in [0.4, 0.5) is 16.3 Å². The molecule has 0 saturated carbocycles. The van der Waals surface area contributed by atoms with Crippen molar-refractivity contribution in [3.05, 3.63) is 6.20 Å². The van der Waals surface area contributed by atoms with Gasteiger partial charge in [-0.2, -0.15) is 0 Å². The van der Waals surface area contributed by atoms with Gasteiger partial charge in [0.05, 0.1) is 11.1 Å². The van der Waals surface area contributed by atoms with E-state index in [1.807, 2.05) is 0 Å². The van der Waals surface area contributed by atoms with E-state index in [1.165, 1.54) is 50.2 Å². The first-order chi connectivity index (χ1) is 18.1. The lowest BCUT2D eigenvalue weighted by Crippen LogP contribution is -2.50. The lowest BCUT2D eigenvalue weighted by atomic mass is 9.95. The fourth-order valence-corrected chi connectivity index (χ4v) is 4.64.